The monoisotopic (exact) mass is 343 g/mol. The molecule has 1 aromatic rings. The van der Waals surface area contributed by atoms with Crippen LogP contribution in [0.15, 0.2) is 22.7 Å². The van der Waals surface area contributed by atoms with Crippen LogP contribution in [0.3, 0.4) is 0 Å². The van der Waals surface area contributed by atoms with Crippen LogP contribution in [0.4, 0.5) is 18.9 Å². The van der Waals surface area contributed by atoms with Crippen LogP contribution in [0.5, 0.6) is 5.75 Å². The van der Waals surface area contributed by atoms with Crippen molar-refractivity contribution in [2.24, 2.45) is 0 Å². The fourth-order valence-corrected chi connectivity index (χ4v) is 2.13. The molecule has 7 heteroatoms. The Morgan fingerprint density at radius 1 is 1.39 bits per heavy atom. The molecule has 18 heavy (non-hydrogen) atoms. The summed E-state index contributed by atoms with van der Waals surface area (Å²) >= 11 is 4.83. The summed E-state index contributed by atoms with van der Waals surface area (Å²) in [5.74, 6) is 1.59. The molecule has 0 heterocycles. The SMILES string of the molecule is CCSCCNc1ccc(Br)cc1OC(F)(F)F. The van der Waals surface area contributed by atoms with Crippen molar-refractivity contribution in [3.63, 3.8) is 0 Å². The summed E-state index contributed by atoms with van der Waals surface area (Å²) in [5, 5.41) is 2.93. The molecular weight excluding hydrogens is 331 g/mol. The summed E-state index contributed by atoms with van der Waals surface area (Å²) in [7, 11) is 0. The van der Waals surface area contributed by atoms with Crippen molar-refractivity contribution >= 4 is 33.4 Å². The van der Waals surface area contributed by atoms with Crippen LogP contribution in [0.1, 0.15) is 6.92 Å². The lowest BCUT2D eigenvalue weighted by molar-refractivity contribution is -0.274. The highest BCUT2D eigenvalue weighted by Crippen LogP contribution is 2.32. The van der Waals surface area contributed by atoms with Crippen LogP contribution in [0.2, 0.25) is 0 Å². The molecule has 0 aliphatic carbocycles. The number of thioether (sulfide) groups is 1. The highest BCUT2D eigenvalue weighted by atomic mass is 79.9. The van der Waals surface area contributed by atoms with Crippen molar-refractivity contribution in [2.45, 2.75) is 13.3 Å². The zero-order chi connectivity index (χ0) is 13.6. The number of anilines is 1. The molecule has 0 saturated heterocycles. The quantitative estimate of drug-likeness (QED) is 0.767. The van der Waals surface area contributed by atoms with Crippen molar-refractivity contribution in [1.29, 1.82) is 0 Å². The van der Waals surface area contributed by atoms with Gasteiger partial charge < -0.3 is 10.1 Å². The molecule has 0 saturated carbocycles. The molecule has 1 rings (SSSR count). The smallest absolute Gasteiger partial charge is 0.404 e. The Morgan fingerprint density at radius 2 is 2.11 bits per heavy atom. The van der Waals surface area contributed by atoms with Gasteiger partial charge >= 0.3 is 6.36 Å². The van der Waals surface area contributed by atoms with Gasteiger partial charge in [0.05, 0.1) is 5.69 Å². The molecule has 0 atom stereocenters. The number of halogens is 4. The Labute approximate surface area is 116 Å². The maximum absolute atomic E-state index is 12.2. The van der Waals surface area contributed by atoms with E-state index in [4.69, 9.17) is 0 Å². The third-order valence-corrected chi connectivity index (χ3v) is 3.33. The van der Waals surface area contributed by atoms with Crippen LogP contribution in [-0.4, -0.2) is 24.4 Å². The maximum atomic E-state index is 12.2. The largest absolute Gasteiger partial charge is 0.573 e. The summed E-state index contributed by atoms with van der Waals surface area (Å²) < 4.78 is 41.2. The van der Waals surface area contributed by atoms with Gasteiger partial charge in [-0.1, -0.05) is 22.9 Å². The minimum atomic E-state index is -4.69. The Bertz CT molecular complexity index is 387. The fourth-order valence-electron chi connectivity index (χ4n) is 1.25. The molecular formula is C11H13BrF3NOS. The average Bonchev–Trinajstić information content (AvgIpc) is 2.24. The molecule has 0 amide bonds. The molecule has 0 aromatic heterocycles. The molecule has 1 aromatic carbocycles. The van der Waals surface area contributed by atoms with E-state index in [1.54, 1.807) is 23.9 Å². The van der Waals surface area contributed by atoms with E-state index in [2.05, 4.69) is 26.0 Å². The topological polar surface area (TPSA) is 21.3 Å². The Hall–Kier alpha value is -0.560. The lowest BCUT2D eigenvalue weighted by Crippen LogP contribution is -2.18. The Morgan fingerprint density at radius 3 is 2.72 bits per heavy atom. The van der Waals surface area contributed by atoms with Crippen LogP contribution >= 0.6 is 27.7 Å². The number of nitrogens with one attached hydrogen (secondary N) is 1. The third kappa shape index (κ3) is 5.86. The molecule has 0 aliphatic rings. The predicted octanol–water partition coefficient (Wildman–Crippen LogP) is 4.51. The molecule has 0 spiro atoms. The van der Waals surface area contributed by atoms with Gasteiger partial charge in [0, 0.05) is 16.8 Å². The molecule has 0 radical (unpaired) electrons. The summed E-state index contributed by atoms with van der Waals surface area (Å²) in [6.07, 6.45) is -4.69. The molecule has 0 aliphatic heterocycles. The van der Waals surface area contributed by atoms with Crippen molar-refractivity contribution < 1.29 is 17.9 Å². The van der Waals surface area contributed by atoms with Crippen LogP contribution in [0.25, 0.3) is 0 Å². The van der Waals surface area contributed by atoms with E-state index in [0.717, 1.165) is 11.5 Å². The van der Waals surface area contributed by atoms with Gasteiger partial charge in [-0.25, -0.2) is 0 Å². The van der Waals surface area contributed by atoms with E-state index in [0.29, 0.717) is 16.7 Å². The second-order valence-corrected chi connectivity index (χ2v) is 5.62. The Kier molecular flexibility index (Phi) is 6.14. The number of hydrogen-bond acceptors (Lipinski definition) is 3. The van der Waals surface area contributed by atoms with Crippen molar-refractivity contribution in [2.75, 3.05) is 23.4 Å². The normalized spacial score (nSPS) is 11.4. The Balaban J connectivity index is 2.70. The summed E-state index contributed by atoms with van der Waals surface area (Å²) in [6, 6.07) is 4.52. The van der Waals surface area contributed by atoms with Crippen molar-refractivity contribution in [1.82, 2.24) is 0 Å². The molecule has 0 fully saturated rings. The second-order valence-electron chi connectivity index (χ2n) is 3.31. The third-order valence-electron chi connectivity index (χ3n) is 1.94. The summed E-state index contributed by atoms with van der Waals surface area (Å²) in [4.78, 5) is 0. The molecule has 0 unspecified atom stereocenters. The van der Waals surface area contributed by atoms with Crippen LogP contribution in [0, 0.1) is 0 Å². The van der Waals surface area contributed by atoms with E-state index in [9.17, 15) is 13.2 Å². The minimum Gasteiger partial charge on any atom is -0.404 e. The first-order chi connectivity index (χ1) is 8.42. The van der Waals surface area contributed by atoms with E-state index in [1.807, 2.05) is 6.92 Å². The number of rotatable bonds is 6. The first-order valence-electron chi connectivity index (χ1n) is 5.29. The van der Waals surface area contributed by atoms with Gasteiger partial charge in [0.2, 0.25) is 0 Å². The minimum absolute atomic E-state index is 0.224. The lowest BCUT2D eigenvalue weighted by Gasteiger charge is -2.14. The lowest BCUT2D eigenvalue weighted by atomic mass is 10.3. The second kappa shape index (κ2) is 7.13. The van der Waals surface area contributed by atoms with Gasteiger partial charge in [-0.05, 0) is 24.0 Å². The van der Waals surface area contributed by atoms with E-state index in [-0.39, 0.29) is 5.75 Å². The maximum Gasteiger partial charge on any atom is 0.573 e. The number of alkyl halides is 3. The van der Waals surface area contributed by atoms with E-state index >= 15 is 0 Å². The van der Waals surface area contributed by atoms with Crippen molar-refractivity contribution in [3.8, 4) is 5.75 Å². The number of benzene rings is 1. The first kappa shape index (κ1) is 15.5. The zero-order valence-corrected chi connectivity index (χ0v) is 12.1. The summed E-state index contributed by atoms with van der Waals surface area (Å²) in [6.45, 7) is 2.62. The van der Waals surface area contributed by atoms with Gasteiger partial charge in [0.25, 0.3) is 0 Å². The van der Waals surface area contributed by atoms with E-state index < -0.39 is 6.36 Å². The van der Waals surface area contributed by atoms with Crippen molar-refractivity contribution in [3.05, 3.63) is 22.7 Å². The number of ether oxygens (including phenoxy) is 1. The molecule has 1 N–H and O–H groups in total. The number of hydrogen-bond donors (Lipinski definition) is 1. The van der Waals surface area contributed by atoms with Crippen LogP contribution in [-0.2, 0) is 0 Å². The van der Waals surface area contributed by atoms with Gasteiger partial charge in [0.1, 0.15) is 0 Å². The highest BCUT2D eigenvalue weighted by Gasteiger charge is 2.32. The predicted molar refractivity (Wildman–Crippen MR) is 72.3 cm³/mol. The fraction of sp³-hybridized carbons (Fsp3) is 0.455. The highest BCUT2D eigenvalue weighted by molar-refractivity contribution is 9.10. The van der Waals surface area contributed by atoms with Gasteiger partial charge in [-0.15, -0.1) is 13.2 Å². The molecule has 102 valence electrons. The van der Waals surface area contributed by atoms with Gasteiger partial charge in [-0.2, -0.15) is 11.8 Å². The average molecular weight is 344 g/mol. The first-order valence-corrected chi connectivity index (χ1v) is 7.24. The van der Waals surface area contributed by atoms with Gasteiger partial charge in [0.15, 0.2) is 5.75 Å². The standard InChI is InChI=1S/C11H13BrF3NOS/c1-2-18-6-5-16-9-4-3-8(12)7-10(9)17-11(13,14)15/h3-4,7,16H,2,5-6H2,1H3. The molecule has 0 bridgehead atoms. The summed E-state index contributed by atoms with van der Waals surface area (Å²) in [5.41, 5.74) is 0.340. The molecule has 2 nitrogen and oxygen atoms in total. The van der Waals surface area contributed by atoms with Gasteiger partial charge in [-0.3, -0.25) is 0 Å². The van der Waals surface area contributed by atoms with E-state index in [1.165, 1.54) is 6.07 Å². The zero-order valence-electron chi connectivity index (χ0n) is 9.68. The van der Waals surface area contributed by atoms with Crippen LogP contribution < -0.4 is 10.1 Å².